The van der Waals surface area contributed by atoms with Crippen LogP contribution < -0.4 is 13.9 Å². The Bertz CT molecular complexity index is 1300. The van der Waals surface area contributed by atoms with Gasteiger partial charge in [0.05, 0.1) is 17.1 Å². The quantitative estimate of drug-likeness (QED) is 0.250. The molecule has 0 heterocycles. The largest absolute Gasteiger partial charge is 0.457 e. The summed E-state index contributed by atoms with van der Waals surface area (Å²) in [6, 6.07) is 33.4. The number of rotatable bonds is 10. The second kappa shape index (κ2) is 11.1. The molecule has 0 aromatic heterocycles. The third kappa shape index (κ3) is 5.84. The molecule has 0 aliphatic carbocycles. The number of ether oxygens (including phenoxy) is 1. The van der Waals surface area contributed by atoms with Gasteiger partial charge >= 0.3 is 0 Å². The monoisotopic (exact) mass is 486 g/mol. The van der Waals surface area contributed by atoms with E-state index in [9.17, 15) is 8.42 Å². The molecule has 0 unspecified atom stereocenters. The van der Waals surface area contributed by atoms with E-state index >= 15 is 0 Å². The molecular formula is C29H30N2O3S. The summed E-state index contributed by atoms with van der Waals surface area (Å²) in [6.07, 6.45) is 0. The third-order valence-corrected chi connectivity index (χ3v) is 7.61. The molecule has 0 N–H and O–H groups in total. The van der Waals surface area contributed by atoms with Crippen LogP contribution in [0, 0.1) is 0 Å². The maximum absolute atomic E-state index is 13.8. The van der Waals surface area contributed by atoms with E-state index in [4.69, 9.17) is 4.74 Å². The van der Waals surface area contributed by atoms with Crippen LogP contribution in [0.3, 0.4) is 0 Å². The molecule has 0 spiro atoms. The molecule has 5 nitrogen and oxygen atoms in total. The van der Waals surface area contributed by atoms with E-state index in [1.807, 2.05) is 72.8 Å². The van der Waals surface area contributed by atoms with Crippen LogP contribution in [0.15, 0.2) is 114 Å². The summed E-state index contributed by atoms with van der Waals surface area (Å²) in [5, 5.41) is 0. The summed E-state index contributed by atoms with van der Waals surface area (Å²) in [7, 11) is -3.81. The van der Waals surface area contributed by atoms with Crippen LogP contribution in [0.5, 0.6) is 11.5 Å². The average Bonchev–Trinajstić information content (AvgIpc) is 2.90. The van der Waals surface area contributed by atoms with Gasteiger partial charge in [-0.3, -0.25) is 4.31 Å². The van der Waals surface area contributed by atoms with Crippen LogP contribution in [-0.4, -0.2) is 21.5 Å². The van der Waals surface area contributed by atoms with Crippen molar-refractivity contribution in [1.82, 2.24) is 0 Å². The Kier molecular flexibility index (Phi) is 7.73. The van der Waals surface area contributed by atoms with Crippen LogP contribution in [0.2, 0.25) is 0 Å². The minimum absolute atomic E-state index is 0.222. The summed E-state index contributed by atoms with van der Waals surface area (Å²) in [6.45, 7) is 6.11. The van der Waals surface area contributed by atoms with Crippen molar-refractivity contribution >= 4 is 21.4 Å². The minimum atomic E-state index is -3.81. The summed E-state index contributed by atoms with van der Waals surface area (Å²) in [4.78, 5) is 2.44. The first-order chi connectivity index (χ1) is 17.0. The molecule has 4 aromatic carbocycles. The second-order valence-corrected chi connectivity index (χ2v) is 9.93. The molecular weight excluding hydrogens is 456 g/mol. The van der Waals surface area contributed by atoms with Crippen molar-refractivity contribution in [2.24, 2.45) is 0 Å². The lowest BCUT2D eigenvalue weighted by Gasteiger charge is -2.26. The summed E-state index contributed by atoms with van der Waals surface area (Å²) < 4.78 is 35.0. The van der Waals surface area contributed by atoms with Gasteiger partial charge in [0.2, 0.25) is 0 Å². The lowest BCUT2D eigenvalue weighted by molar-refractivity contribution is 0.482. The molecule has 4 aromatic rings. The van der Waals surface area contributed by atoms with Gasteiger partial charge in [-0.2, -0.15) is 0 Å². The fraction of sp³-hybridized carbons (Fsp3) is 0.172. The molecule has 4 rings (SSSR count). The predicted octanol–water partition coefficient (Wildman–Crippen LogP) is 6.72. The predicted molar refractivity (Wildman–Crippen MR) is 143 cm³/mol. The van der Waals surface area contributed by atoms with Crippen molar-refractivity contribution < 1.29 is 13.2 Å². The highest BCUT2D eigenvalue weighted by molar-refractivity contribution is 7.92. The molecule has 0 radical (unpaired) electrons. The van der Waals surface area contributed by atoms with Crippen LogP contribution in [0.4, 0.5) is 11.4 Å². The Hall–Kier alpha value is -3.77. The second-order valence-electron chi connectivity index (χ2n) is 8.07. The molecule has 35 heavy (non-hydrogen) atoms. The smallest absolute Gasteiger partial charge is 0.264 e. The van der Waals surface area contributed by atoms with Crippen molar-refractivity contribution in [3.8, 4) is 11.5 Å². The van der Waals surface area contributed by atoms with Gasteiger partial charge in [-0.1, -0.05) is 48.5 Å². The number of nitrogens with zero attached hydrogens (tertiary/aromatic N) is 2. The number of sulfonamides is 1. The molecule has 0 fully saturated rings. The van der Waals surface area contributed by atoms with Gasteiger partial charge < -0.3 is 9.64 Å². The highest BCUT2D eigenvalue weighted by atomic mass is 32.2. The fourth-order valence-electron chi connectivity index (χ4n) is 3.91. The van der Waals surface area contributed by atoms with Crippen LogP contribution in [0.1, 0.15) is 19.4 Å². The van der Waals surface area contributed by atoms with E-state index in [-0.39, 0.29) is 11.4 Å². The minimum Gasteiger partial charge on any atom is -0.457 e. The van der Waals surface area contributed by atoms with Crippen LogP contribution in [-0.2, 0) is 16.6 Å². The zero-order valence-corrected chi connectivity index (χ0v) is 20.9. The van der Waals surface area contributed by atoms with Crippen molar-refractivity contribution in [3.63, 3.8) is 0 Å². The standard InChI is InChI=1S/C29H30N2O3S/c1-3-30(4-2)25-17-21-29(22-18-25)35(32,33)31(23-24-11-7-5-8-12-24)26-15-19-28(20-16-26)34-27-13-9-6-10-14-27/h5-22H,3-4,23H2,1-2H3. The van der Waals surface area contributed by atoms with Crippen LogP contribution >= 0.6 is 0 Å². The number of para-hydroxylation sites is 1. The van der Waals surface area contributed by atoms with Gasteiger partial charge in [-0.15, -0.1) is 0 Å². The van der Waals surface area contributed by atoms with Crippen molar-refractivity contribution in [2.75, 3.05) is 22.3 Å². The normalized spacial score (nSPS) is 11.1. The number of hydrogen-bond acceptors (Lipinski definition) is 4. The van der Waals surface area contributed by atoms with E-state index < -0.39 is 10.0 Å². The van der Waals surface area contributed by atoms with Gasteiger partial charge in [0.1, 0.15) is 11.5 Å². The third-order valence-electron chi connectivity index (χ3n) is 5.83. The van der Waals surface area contributed by atoms with E-state index in [1.165, 1.54) is 4.31 Å². The summed E-state index contributed by atoms with van der Waals surface area (Å²) >= 11 is 0. The maximum atomic E-state index is 13.8. The Balaban J connectivity index is 1.66. The highest BCUT2D eigenvalue weighted by Crippen LogP contribution is 2.30. The molecule has 0 bridgehead atoms. The molecule has 0 aliphatic heterocycles. The summed E-state index contributed by atoms with van der Waals surface area (Å²) in [5.74, 6) is 1.36. The first-order valence-electron chi connectivity index (χ1n) is 11.8. The fourth-order valence-corrected chi connectivity index (χ4v) is 5.37. The van der Waals surface area contributed by atoms with Crippen molar-refractivity contribution in [2.45, 2.75) is 25.3 Å². The van der Waals surface area contributed by atoms with Crippen molar-refractivity contribution in [3.05, 3.63) is 115 Å². The zero-order chi connectivity index (χ0) is 24.7. The molecule has 180 valence electrons. The van der Waals surface area contributed by atoms with E-state index in [2.05, 4.69) is 18.7 Å². The van der Waals surface area contributed by atoms with Crippen LogP contribution in [0.25, 0.3) is 0 Å². The molecule has 6 heteroatoms. The Morgan fingerprint density at radius 1 is 0.629 bits per heavy atom. The highest BCUT2D eigenvalue weighted by Gasteiger charge is 2.25. The van der Waals surface area contributed by atoms with Gasteiger partial charge in [-0.05, 0) is 80.1 Å². The number of anilines is 2. The number of hydrogen-bond donors (Lipinski definition) is 0. The van der Waals surface area contributed by atoms with E-state index in [1.54, 1.807) is 36.4 Å². The Morgan fingerprint density at radius 2 is 1.14 bits per heavy atom. The lowest BCUT2D eigenvalue weighted by Crippen LogP contribution is -2.30. The maximum Gasteiger partial charge on any atom is 0.264 e. The van der Waals surface area contributed by atoms with E-state index in [0.29, 0.717) is 11.4 Å². The molecule has 0 amide bonds. The van der Waals surface area contributed by atoms with Gasteiger partial charge in [-0.25, -0.2) is 8.42 Å². The first-order valence-corrected chi connectivity index (χ1v) is 13.2. The Morgan fingerprint density at radius 3 is 1.71 bits per heavy atom. The summed E-state index contributed by atoms with van der Waals surface area (Å²) in [5.41, 5.74) is 2.48. The SMILES string of the molecule is CCN(CC)c1ccc(S(=O)(=O)N(Cc2ccccc2)c2ccc(Oc3ccccc3)cc2)cc1. The van der Waals surface area contributed by atoms with Gasteiger partial charge in [0, 0.05) is 18.8 Å². The lowest BCUT2D eigenvalue weighted by atomic mass is 10.2. The average molecular weight is 487 g/mol. The van der Waals surface area contributed by atoms with Gasteiger partial charge in [0.25, 0.3) is 10.0 Å². The molecule has 0 atom stereocenters. The molecule has 0 aliphatic rings. The van der Waals surface area contributed by atoms with E-state index in [0.717, 1.165) is 30.1 Å². The Labute approximate surface area is 208 Å². The molecule has 0 saturated heterocycles. The topological polar surface area (TPSA) is 49.9 Å². The first kappa shape index (κ1) is 24.4. The number of benzene rings is 4. The van der Waals surface area contributed by atoms with Crippen molar-refractivity contribution in [1.29, 1.82) is 0 Å². The zero-order valence-electron chi connectivity index (χ0n) is 20.0. The van der Waals surface area contributed by atoms with Gasteiger partial charge in [0.15, 0.2) is 0 Å². The molecule has 0 saturated carbocycles.